The van der Waals surface area contributed by atoms with Gasteiger partial charge in [-0.1, -0.05) is 31.1 Å². The van der Waals surface area contributed by atoms with E-state index in [1.54, 1.807) is 6.92 Å². The van der Waals surface area contributed by atoms with E-state index in [-0.39, 0.29) is 11.8 Å². The monoisotopic (exact) mass is 298 g/mol. The molecule has 0 unspecified atom stereocenters. The number of hydrogen-bond acceptors (Lipinski definition) is 3. The van der Waals surface area contributed by atoms with Gasteiger partial charge in [0.2, 0.25) is 6.79 Å². The average Bonchev–Trinajstić information content (AvgIpc) is 3.01. The third-order valence-corrected chi connectivity index (χ3v) is 5.54. The molecule has 3 heteroatoms. The minimum Gasteiger partial charge on any atom is -0.454 e. The highest BCUT2D eigenvalue weighted by Crippen LogP contribution is 2.48. The molecule has 1 aromatic carbocycles. The minimum absolute atomic E-state index is 0.107. The number of rotatable bonds is 2. The zero-order chi connectivity index (χ0) is 15.1. The van der Waals surface area contributed by atoms with Crippen molar-refractivity contribution in [2.24, 2.45) is 17.8 Å². The van der Waals surface area contributed by atoms with Crippen LogP contribution in [0.3, 0.4) is 0 Å². The molecule has 1 aromatic rings. The summed E-state index contributed by atoms with van der Waals surface area (Å²) in [5.74, 6) is 3.31. The molecule has 0 saturated heterocycles. The molecule has 4 atom stereocenters. The van der Waals surface area contributed by atoms with Gasteiger partial charge in [0.15, 0.2) is 11.5 Å². The van der Waals surface area contributed by atoms with Crippen molar-refractivity contribution in [3.8, 4) is 11.5 Å². The normalized spacial score (nSPS) is 32.6. The summed E-state index contributed by atoms with van der Waals surface area (Å²) >= 11 is 0. The standard InChI is InChI=1S/C19H22O3/c1-12(20)19-15-5-3-2-4-13(15)6-8-16(19)14-7-9-17-18(10-14)22-11-21-17/h6-10,13,15-16,19H,2-5,11H2,1H3/t13-,15-,16-,19+/m1/s1. The maximum atomic E-state index is 12.4. The lowest BCUT2D eigenvalue weighted by Gasteiger charge is -2.41. The zero-order valence-electron chi connectivity index (χ0n) is 13.0. The van der Waals surface area contributed by atoms with Gasteiger partial charge in [-0.3, -0.25) is 4.79 Å². The molecule has 0 spiro atoms. The first-order valence-electron chi connectivity index (χ1n) is 8.32. The van der Waals surface area contributed by atoms with Crippen LogP contribution in [0.4, 0.5) is 0 Å². The summed E-state index contributed by atoms with van der Waals surface area (Å²) in [5.41, 5.74) is 1.17. The number of ketones is 1. The molecule has 4 rings (SSSR count). The van der Waals surface area contributed by atoms with Crippen LogP contribution in [0.15, 0.2) is 30.4 Å². The van der Waals surface area contributed by atoms with Gasteiger partial charge in [-0.15, -0.1) is 0 Å². The smallest absolute Gasteiger partial charge is 0.231 e. The largest absolute Gasteiger partial charge is 0.454 e. The van der Waals surface area contributed by atoms with Crippen LogP contribution in [-0.4, -0.2) is 12.6 Å². The van der Waals surface area contributed by atoms with E-state index < -0.39 is 0 Å². The first-order chi connectivity index (χ1) is 10.7. The summed E-state index contributed by atoms with van der Waals surface area (Å²) in [6.07, 6.45) is 9.59. The first-order valence-corrected chi connectivity index (χ1v) is 8.32. The van der Waals surface area contributed by atoms with Crippen molar-refractivity contribution in [2.45, 2.75) is 38.5 Å². The van der Waals surface area contributed by atoms with Crippen molar-refractivity contribution < 1.29 is 14.3 Å². The van der Waals surface area contributed by atoms with Crippen LogP contribution in [0.25, 0.3) is 0 Å². The van der Waals surface area contributed by atoms with Crippen molar-refractivity contribution >= 4 is 5.78 Å². The summed E-state index contributed by atoms with van der Waals surface area (Å²) in [5, 5.41) is 0. The Morgan fingerprint density at radius 1 is 1.09 bits per heavy atom. The van der Waals surface area contributed by atoms with Gasteiger partial charge >= 0.3 is 0 Å². The van der Waals surface area contributed by atoms with Gasteiger partial charge in [-0.05, 0) is 49.3 Å². The summed E-state index contributed by atoms with van der Waals surface area (Å²) in [7, 11) is 0. The van der Waals surface area contributed by atoms with Crippen LogP contribution in [0.2, 0.25) is 0 Å². The predicted molar refractivity (Wildman–Crippen MR) is 84.1 cm³/mol. The molecule has 2 aliphatic carbocycles. The second-order valence-corrected chi connectivity index (χ2v) is 6.77. The third kappa shape index (κ3) is 2.23. The van der Waals surface area contributed by atoms with E-state index in [1.807, 2.05) is 6.07 Å². The van der Waals surface area contributed by atoms with Crippen LogP contribution < -0.4 is 9.47 Å². The number of allylic oxidation sites excluding steroid dienone is 2. The van der Waals surface area contributed by atoms with E-state index in [1.165, 1.54) is 31.2 Å². The Morgan fingerprint density at radius 3 is 2.77 bits per heavy atom. The molecule has 1 aliphatic heterocycles. The summed E-state index contributed by atoms with van der Waals surface area (Å²) in [4.78, 5) is 12.4. The molecule has 0 N–H and O–H groups in total. The highest BCUT2D eigenvalue weighted by molar-refractivity contribution is 5.80. The Morgan fingerprint density at radius 2 is 1.91 bits per heavy atom. The number of Topliss-reactive ketones (excluding diaryl/α,β-unsaturated/α-hetero) is 1. The molecule has 0 aromatic heterocycles. The molecular weight excluding hydrogens is 276 g/mol. The fraction of sp³-hybridized carbons (Fsp3) is 0.526. The van der Waals surface area contributed by atoms with Crippen LogP contribution in [0.1, 0.15) is 44.1 Å². The first kappa shape index (κ1) is 13.9. The lowest BCUT2D eigenvalue weighted by atomic mass is 9.62. The van der Waals surface area contributed by atoms with Crippen molar-refractivity contribution in [3.63, 3.8) is 0 Å². The molecule has 0 amide bonds. The Bertz CT molecular complexity index is 619. The fourth-order valence-electron chi connectivity index (χ4n) is 4.51. The van der Waals surface area contributed by atoms with Crippen molar-refractivity contribution in [1.29, 1.82) is 0 Å². The highest BCUT2D eigenvalue weighted by Gasteiger charge is 2.40. The summed E-state index contributed by atoms with van der Waals surface area (Å²) < 4.78 is 10.9. The Kier molecular flexibility index (Phi) is 3.44. The van der Waals surface area contributed by atoms with Gasteiger partial charge in [0.25, 0.3) is 0 Å². The quantitative estimate of drug-likeness (QED) is 0.772. The fourth-order valence-corrected chi connectivity index (χ4v) is 4.51. The zero-order valence-corrected chi connectivity index (χ0v) is 13.0. The SMILES string of the molecule is CC(=O)[C@H]1[C@@H]2CCCC[C@@H]2C=C[C@@H]1c1ccc2c(c1)OCO2. The van der Waals surface area contributed by atoms with Gasteiger partial charge in [0.05, 0.1) is 0 Å². The van der Waals surface area contributed by atoms with E-state index in [4.69, 9.17) is 9.47 Å². The second kappa shape index (κ2) is 5.45. The number of carbonyl (C=O) groups is 1. The van der Waals surface area contributed by atoms with E-state index >= 15 is 0 Å². The molecule has 1 heterocycles. The van der Waals surface area contributed by atoms with Crippen molar-refractivity contribution in [1.82, 2.24) is 0 Å². The Hall–Kier alpha value is -1.77. The molecule has 116 valence electrons. The number of hydrogen-bond donors (Lipinski definition) is 0. The average molecular weight is 298 g/mol. The van der Waals surface area contributed by atoms with Gasteiger partial charge in [0, 0.05) is 11.8 Å². The lowest BCUT2D eigenvalue weighted by Crippen LogP contribution is -2.36. The Balaban J connectivity index is 1.71. The number of carbonyl (C=O) groups excluding carboxylic acids is 1. The molecule has 0 radical (unpaired) electrons. The van der Waals surface area contributed by atoms with Crippen LogP contribution >= 0.6 is 0 Å². The maximum absolute atomic E-state index is 12.4. The van der Waals surface area contributed by atoms with E-state index in [2.05, 4.69) is 24.3 Å². The van der Waals surface area contributed by atoms with E-state index in [0.717, 1.165) is 11.5 Å². The van der Waals surface area contributed by atoms with Gasteiger partial charge in [0.1, 0.15) is 5.78 Å². The third-order valence-electron chi connectivity index (χ3n) is 5.54. The topological polar surface area (TPSA) is 35.5 Å². The van der Waals surface area contributed by atoms with Gasteiger partial charge in [-0.2, -0.15) is 0 Å². The molecule has 0 bridgehead atoms. The van der Waals surface area contributed by atoms with Crippen LogP contribution in [0, 0.1) is 17.8 Å². The van der Waals surface area contributed by atoms with Crippen LogP contribution in [-0.2, 0) is 4.79 Å². The van der Waals surface area contributed by atoms with Gasteiger partial charge in [-0.25, -0.2) is 0 Å². The molecule has 3 nitrogen and oxygen atoms in total. The summed E-state index contributed by atoms with van der Waals surface area (Å²) in [6, 6.07) is 6.10. The predicted octanol–water partition coefficient (Wildman–Crippen LogP) is 4.08. The molecular formula is C19H22O3. The van der Waals surface area contributed by atoms with Crippen LogP contribution in [0.5, 0.6) is 11.5 Å². The van der Waals surface area contributed by atoms with Crippen molar-refractivity contribution in [2.75, 3.05) is 6.79 Å². The Labute approximate surface area is 131 Å². The maximum Gasteiger partial charge on any atom is 0.231 e. The number of ether oxygens (including phenoxy) is 2. The number of benzene rings is 1. The minimum atomic E-state index is 0.107. The highest BCUT2D eigenvalue weighted by atomic mass is 16.7. The molecule has 22 heavy (non-hydrogen) atoms. The molecule has 3 aliphatic rings. The second-order valence-electron chi connectivity index (χ2n) is 6.77. The molecule has 1 saturated carbocycles. The van der Waals surface area contributed by atoms with E-state index in [0.29, 0.717) is 24.4 Å². The number of fused-ring (bicyclic) bond motifs is 2. The van der Waals surface area contributed by atoms with Crippen molar-refractivity contribution in [3.05, 3.63) is 35.9 Å². The lowest BCUT2D eigenvalue weighted by molar-refractivity contribution is -0.124. The van der Waals surface area contributed by atoms with E-state index in [9.17, 15) is 4.79 Å². The van der Waals surface area contributed by atoms with Gasteiger partial charge < -0.3 is 9.47 Å². The molecule has 1 fully saturated rings. The summed E-state index contributed by atoms with van der Waals surface area (Å²) in [6.45, 7) is 2.05.